The molecule has 2 heterocycles. The summed E-state index contributed by atoms with van der Waals surface area (Å²) in [5.41, 5.74) is 2.77. The number of para-hydroxylation sites is 1. The lowest BCUT2D eigenvalue weighted by Gasteiger charge is -2.41. The Morgan fingerprint density at radius 1 is 1.07 bits per heavy atom. The summed E-state index contributed by atoms with van der Waals surface area (Å²) >= 11 is 0. The number of anilines is 1. The van der Waals surface area contributed by atoms with Crippen LogP contribution in [0.15, 0.2) is 54.9 Å². The predicted octanol–water partition coefficient (Wildman–Crippen LogP) is 4.71. The molecule has 156 valence electrons. The fraction of sp³-hybridized carbons (Fsp3) is 0.375. The molecule has 0 N–H and O–H groups in total. The Kier molecular flexibility index (Phi) is 5.10. The summed E-state index contributed by atoms with van der Waals surface area (Å²) in [5, 5.41) is 4.50. The van der Waals surface area contributed by atoms with Gasteiger partial charge >= 0.3 is 0 Å². The molecule has 3 aromatic rings. The van der Waals surface area contributed by atoms with Gasteiger partial charge in [0.2, 0.25) is 11.9 Å². The van der Waals surface area contributed by atoms with Crippen LogP contribution in [0.2, 0.25) is 0 Å². The Bertz CT molecular complexity index is 1050. The molecule has 1 amide bonds. The largest absolute Gasteiger partial charge is 0.496 e. The van der Waals surface area contributed by atoms with Gasteiger partial charge in [0, 0.05) is 11.0 Å². The van der Waals surface area contributed by atoms with Gasteiger partial charge in [0.05, 0.1) is 19.2 Å². The summed E-state index contributed by atoms with van der Waals surface area (Å²) in [6, 6.07) is 16.1. The lowest BCUT2D eigenvalue weighted by molar-refractivity contribution is -0.126. The maximum atomic E-state index is 13.5. The fourth-order valence-corrected chi connectivity index (χ4v) is 4.06. The standard InChI is InChI=1S/C24H28N4O2/c1-16-10-12-17(13-11-16)19-14-20(18-8-6-7-9-21(18)30-5)28-23(25-15-26-28)27(19)22(29)24(2,3)4/h6-13,15,19-20H,14H2,1-5H3. The summed E-state index contributed by atoms with van der Waals surface area (Å²) in [7, 11) is 1.68. The van der Waals surface area contributed by atoms with Crippen LogP contribution in [0.3, 0.4) is 0 Å². The number of fused-ring (bicyclic) bond motifs is 1. The van der Waals surface area contributed by atoms with Gasteiger partial charge in [0.15, 0.2) is 0 Å². The minimum Gasteiger partial charge on any atom is -0.496 e. The van der Waals surface area contributed by atoms with E-state index in [1.54, 1.807) is 7.11 Å². The normalized spacial score (nSPS) is 18.8. The molecule has 1 aromatic heterocycles. The van der Waals surface area contributed by atoms with E-state index in [2.05, 4.69) is 47.3 Å². The number of ether oxygens (including phenoxy) is 1. The van der Waals surface area contributed by atoms with Crippen molar-refractivity contribution < 1.29 is 9.53 Å². The smallest absolute Gasteiger partial charge is 0.235 e. The van der Waals surface area contributed by atoms with Crippen molar-refractivity contribution in [3.05, 3.63) is 71.5 Å². The highest BCUT2D eigenvalue weighted by atomic mass is 16.5. The van der Waals surface area contributed by atoms with Crippen molar-refractivity contribution >= 4 is 11.9 Å². The van der Waals surface area contributed by atoms with Gasteiger partial charge in [0.1, 0.15) is 12.1 Å². The SMILES string of the molecule is COc1ccccc1C1CC(c2ccc(C)cc2)N(C(=O)C(C)(C)C)c2ncnn21. The molecule has 2 atom stereocenters. The Labute approximate surface area is 177 Å². The Balaban J connectivity index is 1.89. The second-order valence-corrected chi connectivity index (χ2v) is 8.85. The first-order valence-corrected chi connectivity index (χ1v) is 10.2. The molecule has 0 radical (unpaired) electrons. The molecule has 6 heteroatoms. The van der Waals surface area contributed by atoms with E-state index in [1.165, 1.54) is 11.9 Å². The second kappa shape index (κ2) is 7.59. The second-order valence-electron chi connectivity index (χ2n) is 8.85. The zero-order chi connectivity index (χ0) is 21.5. The summed E-state index contributed by atoms with van der Waals surface area (Å²) in [4.78, 5) is 19.9. The van der Waals surface area contributed by atoms with Crippen LogP contribution in [0.1, 0.15) is 56.0 Å². The molecule has 0 bridgehead atoms. The first-order chi connectivity index (χ1) is 14.3. The molecule has 1 aliphatic rings. The molecular formula is C24H28N4O2. The van der Waals surface area contributed by atoms with Crippen LogP contribution in [0.25, 0.3) is 0 Å². The number of hydrogen-bond acceptors (Lipinski definition) is 4. The van der Waals surface area contributed by atoms with E-state index >= 15 is 0 Å². The molecule has 2 aromatic carbocycles. The van der Waals surface area contributed by atoms with E-state index in [0.717, 1.165) is 16.9 Å². The number of methoxy groups -OCH3 is 1. The van der Waals surface area contributed by atoms with E-state index in [1.807, 2.05) is 48.6 Å². The lowest BCUT2D eigenvalue weighted by atomic mass is 9.88. The third-order valence-corrected chi connectivity index (χ3v) is 5.64. The first-order valence-electron chi connectivity index (χ1n) is 10.2. The number of carbonyl (C=O) groups is 1. The van der Waals surface area contributed by atoms with Gasteiger partial charge in [-0.05, 0) is 25.0 Å². The molecule has 1 aliphatic heterocycles. The minimum atomic E-state index is -0.545. The number of aryl methyl sites for hydroxylation is 1. The van der Waals surface area contributed by atoms with Crippen LogP contribution in [0.5, 0.6) is 5.75 Å². The molecular weight excluding hydrogens is 376 g/mol. The van der Waals surface area contributed by atoms with E-state index in [-0.39, 0.29) is 18.0 Å². The Morgan fingerprint density at radius 2 is 1.77 bits per heavy atom. The van der Waals surface area contributed by atoms with E-state index in [0.29, 0.717) is 12.4 Å². The molecule has 30 heavy (non-hydrogen) atoms. The minimum absolute atomic E-state index is 0.0285. The van der Waals surface area contributed by atoms with Crippen molar-refractivity contribution in [1.29, 1.82) is 0 Å². The highest BCUT2D eigenvalue weighted by molar-refractivity contribution is 5.96. The van der Waals surface area contributed by atoms with Crippen molar-refractivity contribution in [3.8, 4) is 5.75 Å². The van der Waals surface area contributed by atoms with Gasteiger partial charge in [-0.15, -0.1) is 0 Å². The molecule has 0 spiro atoms. The summed E-state index contributed by atoms with van der Waals surface area (Å²) in [6.07, 6.45) is 2.21. The summed E-state index contributed by atoms with van der Waals surface area (Å²) in [6.45, 7) is 7.88. The van der Waals surface area contributed by atoms with Crippen LogP contribution in [0, 0.1) is 12.3 Å². The Morgan fingerprint density at radius 3 is 2.43 bits per heavy atom. The van der Waals surface area contributed by atoms with Gasteiger partial charge in [-0.25, -0.2) is 4.68 Å². The number of hydrogen-bond donors (Lipinski definition) is 0. The molecule has 0 aliphatic carbocycles. The molecule has 4 rings (SSSR count). The first kappa shape index (κ1) is 20.1. The molecule has 0 saturated heterocycles. The molecule has 0 saturated carbocycles. The summed E-state index contributed by atoms with van der Waals surface area (Å²) < 4.78 is 7.49. The highest BCUT2D eigenvalue weighted by Gasteiger charge is 2.43. The van der Waals surface area contributed by atoms with E-state index in [4.69, 9.17) is 4.74 Å². The monoisotopic (exact) mass is 404 g/mol. The number of nitrogens with zero attached hydrogens (tertiary/aromatic N) is 4. The number of benzene rings is 2. The zero-order valence-corrected chi connectivity index (χ0v) is 18.2. The third-order valence-electron chi connectivity index (χ3n) is 5.64. The van der Waals surface area contributed by atoms with Gasteiger partial charge in [-0.3, -0.25) is 9.69 Å². The van der Waals surface area contributed by atoms with Crippen molar-refractivity contribution in [2.45, 2.75) is 46.2 Å². The predicted molar refractivity (Wildman–Crippen MR) is 117 cm³/mol. The van der Waals surface area contributed by atoms with Crippen molar-refractivity contribution in [2.75, 3.05) is 12.0 Å². The van der Waals surface area contributed by atoms with E-state index < -0.39 is 5.41 Å². The van der Waals surface area contributed by atoms with Crippen LogP contribution in [-0.4, -0.2) is 27.8 Å². The number of carbonyl (C=O) groups excluding carboxylic acids is 1. The van der Waals surface area contributed by atoms with Crippen LogP contribution in [0.4, 0.5) is 5.95 Å². The number of rotatable bonds is 3. The van der Waals surface area contributed by atoms with Gasteiger partial charge in [-0.1, -0.05) is 68.8 Å². The van der Waals surface area contributed by atoms with Crippen molar-refractivity contribution in [1.82, 2.24) is 14.8 Å². The average molecular weight is 405 g/mol. The summed E-state index contributed by atoms with van der Waals surface area (Å²) in [5.74, 6) is 1.41. The highest BCUT2D eigenvalue weighted by Crippen LogP contribution is 2.45. The van der Waals surface area contributed by atoms with Crippen molar-refractivity contribution in [2.24, 2.45) is 5.41 Å². The van der Waals surface area contributed by atoms with Gasteiger partial charge < -0.3 is 4.74 Å². The van der Waals surface area contributed by atoms with Crippen LogP contribution < -0.4 is 9.64 Å². The Hall–Kier alpha value is -3.15. The van der Waals surface area contributed by atoms with Crippen molar-refractivity contribution in [3.63, 3.8) is 0 Å². The van der Waals surface area contributed by atoms with Gasteiger partial charge in [-0.2, -0.15) is 10.1 Å². The van der Waals surface area contributed by atoms with E-state index in [9.17, 15) is 4.79 Å². The zero-order valence-electron chi connectivity index (χ0n) is 18.2. The topological polar surface area (TPSA) is 60.2 Å². The molecule has 0 fully saturated rings. The number of amides is 1. The van der Waals surface area contributed by atoms with Gasteiger partial charge in [0.25, 0.3) is 0 Å². The molecule has 6 nitrogen and oxygen atoms in total. The maximum Gasteiger partial charge on any atom is 0.235 e. The fourth-order valence-electron chi connectivity index (χ4n) is 4.06. The molecule has 2 unspecified atom stereocenters. The van der Waals surface area contributed by atoms with Crippen LogP contribution >= 0.6 is 0 Å². The maximum absolute atomic E-state index is 13.5. The average Bonchev–Trinajstić information content (AvgIpc) is 3.22. The number of aromatic nitrogens is 3. The quantitative estimate of drug-likeness (QED) is 0.634. The lowest BCUT2D eigenvalue weighted by Crippen LogP contribution is -2.47. The third kappa shape index (κ3) is 3.47. The van der Waals surface area contributed by atoms with Crippen LogP contribution in [-0.2, 0) is 4.79 Å².